The normalized spacial score (nSPS) is 11.2. The van der Waals surface area contributed by atoms with Crippen LogP contribution >= 0.6 is 0 Å². The maximum Gasteiger partial charge on any atom is 0.146 e. The van der Waals surface area contributed by atoms with Crippen LogP contribution in [0.4, 0.5) is 10.1 Å². The van der Waals surface area contributed by atoms with Crippen LogP contribution in [0, 0.1) is 5.82 Å². The van der Waals surface area contributed by atoms with Crippen molar-refractivity contribution in [2.24, 2.45) is 11.5 Å². The Morgan fingerprint density at radius 3 is 2.56 bits per heavy atom. The highest BCUT2D eigenvalue weighted by atomic mass is 19.1. The maximum atomic E-state index is 13.2. The van der Waals surface area contributed by atoms with Gasteiger partial charge in [0, 0.05) is 0 Å². The second kappa shape index (κ2) is 5.21. The average molecular weight is 221 g/mol. The highest BCUT2D eigenvalue weighted by molar-refractivity contribution is 5.42. The Labute approximate surface area is 94.4 Å². The first-order valence-corrected chi connectivity index (χ1v) is 4.94. The standard InChI is InChI=1S/C12H16FN3/c1-2-8(7-12(15)16)5-9-3-4-11(14)10(13)6-9/h2-4,6-7H,5,14-16H2,1H3/b8-2-. The lowest BCUT2D eigenvalue weighted by atomic mass is 10.0. The number of hydrogen-bond acceptors (Lipinski definition) is 3. The first kappa shape index (κ1) is 12.1. The van der Waals surface area contributed by atoms with Crippen LogP contribution in [-0.2, 0) is 6.42 Å². The zero-order chi connectivity index (χ0) is 12.1. The van der Waals surface area contributed by atoms with Crippen molar-refractivity contribution >= 4 is 5.69 Å². The number of hydrogen-bond donors (Lipinski definition) is 3. The van der Waals surface area contributed by atoms with Gasteiger partial charge in [0.2, 0.25) is 0 Å². The third-order valence-electron chi connectivity index (χ3n) is 2.20. The topological polar surface area (TPSA) is 78.1 Å². The van der Waals surface area contributed by atoms with Crippen LogP contribution in [-0.4, -0.2) is 0 Å². The van der Waals surface area contributed by atoms with E-state index in [4.69, 9.17) is 17.2 Å². The van der Waals surface area contributed by atoms with Crippen LogP contribution in [0.2, 0.25) is 0 Å². The van der Waals surface area contributed by atoms with Crippen LogP contribution in [0.3, 0.4) is 0 Å². The minimum atomic E-state index is -0.405. The molecule has 86 valence electrons. The first-order chi connectivity index (χ1) is 7.52. The van der Waals surface area contributed by atoms with Crippen LogP contribution in [0.1, 0.15) is 12.5 Å². The Hall–Kier alpha value is -1.97. The third-order valence-corrected chi connectivity index (χ3v) is 2.20. The van der Waals surface area contributed by atoms with Gasteiger partial charge in [-0.2, -0.15) is 0 Å². The first-order valence-electron chi connectivity index (χ1n) is 4.94. The minimum absolute atomic E-state index is 0.152. The van der Waals surface area contributed by atoms with Crippen molar-refractivity contribution in [2.45, 2.75) is 13.3 Å². The Morgan fingerprint density at radius 1 is 1.38 bits per heavy atom. The number of nitrogen functional groups attached to an aromatic ring is 1. The van der Waals surface area contributed by atoms with Crippen LogP contribution in [0.5, 0.6) is 0 Å². The summed E-state index contributed by atoms with van der Waals surface area (Å²) >= 11 is 0. The van der Waals surface area contributed by atoms with Crippen LogP contribution in [0.25, 0.3) is 0 Å². The number of halogens is 1. The molecular weight excluding hydrogens is 205 g/mol. The summed E-state index contributed by atoms with van der Waals surface area (Å²) in [6.45, 7) is 1.88. The van der Waals surface area contributed by atoms with Gasteiger partial charge in [0.1, 0.15) is 5.82 Å². The average Bonchev–Trinajstić information content (AvgIpc) is 2.22. The van der Waals surface area contributed by atoms with Crippen LogP contribution < -0.4 is 17.2 Å². The summed E-state index contributed by atoms with van der Waals surface area (Å²) in [5.74, 6) is -0.165. The molecule has 0 atom stereocenters. The second-order valence-corrected chi connectivity index (χ2v) is 3.54. The van der Waals surface area contributed by atoms with E-state index in [0.29, 0.717) is 6.42 Å². The zero-order valence-electron chi connectivity index (χ0n) is 9.20. The van der Waals surface area contributed by atoms with Crippen molar-refractivity contribution in [1.29, 1.82) is 0 Å². The van der Waals surface area contributed by atoms with E-state index in [1.54, 1.807) is 18.2 Å². The Bertz CT molecular complexity index is 432. The van der Waals surface area contributed by atoms with E-state index in [2.05, 4.69) is 0 Å². The van der Waals surface area contributed by atoms with Gasteiger partial charge >= 0.3 is 0 Å². The molecule has 0 unspecified atom stereocenters. The lowest BCUT2D eigenvalue weighted by Crippen LogP contribution is -2.08. The van der Waals surface area contributed by atoms with E-state index in [9.17, 15) is 4.39 Å². The van der Waals surface area contributed by atoms with Gasteiger partial charge in [-0.3, -0.25) is 0 Å². The number of allylic oxidation sites excluding steroid dienone is 3. The predicted octanol–water partition coefficient (Wildman–Crippen LogP) is 1.66. The Morgan fingerprint density at radius 2 is 2.06 bits per heavy atom. The number of benzene rings is 1. The molecule has 0 fully saturated rings. The highest BCUT2D eigenvalue weighted by Gasteiger charge is 2.01. The molecule has 0 heterocycles. The molecule has 0 saturated carbocycles. The summed E-state index contributed by atoms with van der Waals surface area (Å²) in [7, 11) is 0. The SMILES string of the molecule is C/C=C(\C=C(N)N)Cc1ccc(N)c(F)c1. The largest absolute Gasteiger partial charge is 0.396 e. The van der Waals surface area contributed by atoms with E-state index in [0.717, 1.165) is 11.1 Å². The molecule has 6 N–H and O–H groups in total. The lowest BCUT2D eigenvalue weighted by molar-refractivity contribution is 0.630. The molecule has 16 heavy (non-hydrogen) atoms. The van der Waals surface area contributed by atoms with Crippen LogP contribution in [0.15, 0.2) is 41.7 Å². The molecule has 0 aliphatic carbocycles. The smallest absolute Gasteiger partial charge is 0.146 e. The summed E-state index contributed by atoms with van der Waals surface area (Å²) < 4.78 is 13.2. The fourth-order valence-corrected chi connectivity index (χ4v) is 1.37. The number of rotatable bonds is 3. The molecule has 1 aromatic rings. The van der Waals surface area contributed by atoms with Crippen molar-refractivity contribution in [1.82, 2.24) is 0 Å². The van der Waals surface area contributed by atoms with Crippen molar-refractivity contribution < 1.29 is 4.39 Å². The molecule has 0 spiro atoms. The molecule has 0 aromatic heterocycles. The van der Waals surface area contributed by atoms with Crippen molar-refractivity contribution in [2.75, 3.05) is 5.73 Å². The molecule has 1 rings (SSSR count). The monoisotopic (exact) mass is 221 g/mol. The molecule has 0 aliphatic heterocycles. The van der Waals surface area contributed by atoms with Crippen molar-refractivity contribution in [3.05, 3.63) is 53.1 Å². The molecule has 3 nitrogen and oxygen atoms in total. The fraction of sp³-hybridized carbons (Fsp3) is 0.167. The number of anilines is 1. The second-order valence-electron chi connectivity index (χ2n) is 3.54. The summed E-state index contributed by atoms with van der Waals surface area (Å²) in [6.07, 6.45) is 4.12. The summed E-state index contributed by atoms with van der Waals surface area (Å²) in [5.41, 5.74) is 18.1. The molecule has 0 bridgehead atoms. The predicted molar refractivity (Wildman–Crippen MR) is 64.7 cm³/mol. The molecule has 0 amide bonds. The fourth-order valence-electron chi connectivity index (χ4n) is 1.37. The Balaban J connectivity index is 2.87. The molecule has 0 saturated heterocycles. The van der Waals surface area contributed by atoms with Gasteiger partial charge in [-0.1, -0.05) is 12.1 Å². The van der Waals surface area contributed by atoms with E-state index in [-0.39, 0.29) is 11.5 Å². The van der Waals surface area contributed by atoms with Crippen molar-refractivity contribution in [3.63, 3.8) is 0 Å². The Kier molecular flexibility index (Phi) is 3.94. The maximum absolute atomic E-state index is 13.2. The molecular formula is C12H16FN3. The third kappa shape index (κ3) is 3.31. The van der Waals surface area contributed by atoms with Gasteiger partial charge in [0.05, 0.1) is 11.5 Å². The van der Waals surface area contributed by atoms with E-state index in [1.165, 1.54) is 6.07 Å². The summed E-state index contributed by atoms with van der Waals surface area (Å²) in [5, 5.41) is 0. The summed E-state index contributed by atoms with van der Waals surface area (Å²) in [4.78, 5) is 0. The van der Waals surface area contributed by atoms with Crippen molar-refractivity contribution in [3.8, 4) is 0 Å². The van der Waals surface area contributed by atoms with E-state index in [1.807, 2.05) is 13.0 Å². The number of nitrogens with two attached hydrogens (primary N) is 3. The summed E-state index contributed by atoms with van der Waals surface area (Å²) in [6, 6.07) is 4.75. The minimum Gasteiger partial charge on any atom is -0.396 e. The van der Waals surface area contributed by atoms with Gasteiger partial charge in [-0.15, -0.1) is 0 Å². The lowest BCUT2D eigenvalue weighted by Gasteiger charge is -2.04. The van der Waals surface area contributed by atoms with Gasteiger partial charge in [0.25, 0.3) is 0 Å². The van der Waals surface area contributed by atoms with Gasteiger partial charge < -0.3 is 17.2 Å². The van der Waals surface area contributed by atoms with Gasteiger partial charge in [-0.25, -0.2) is 4.39 Å². The quantitative estimate of drug-likeness (QED) is 0.536. The molecule has 1 aromatic carbocycles. The highest BCUT2D eigenvalue weighted by Crippen LogP contribution is 2.15. The molecule has 4 heteroatoms. The van der Waals surface area contributed by atoms with E-state index < -0.39 is 5.82 Å². The molecule has 0 aliphatic rings. The molecule has 0 radical (unpaired) electrons. The zero-order valence-corrected chi connectivity index (χ0v) is 9.20. The van der Waals surface area contributed by atoms with Gasteiger partial charge in [-0.05, 0) is 42.7 Å². The van der Waals surface area contributed by atoms with Gasteiger partial charge in [0.15, 0.2) is 0 Å². The van der Waals surface area contributed by atoms with E-state index >= 15 is 0 Å².